The maximum Gasteiger partial charge on any atom is 0.0845 e. The molecule has 0 saturated carbocycles. The smallest absolute Gasteiger partial charge is 0.0845 e. The largest absolute Gasteiger partial charge is 0.396 e. The van der Waals surface area contributed by atoms with Crippen LogP contribution >= 0.6 is 0 Å². The van der Waals surface area contributed by atoms with Crippen molar-refractivity contribution in [2.45, 2.75) is 19.4 Å². The second-order valence-corrected chi connectivity index (χ2v) is 3.77. The van der Waals surface area contributed by atoms with Gasteiger partial charge in [0.05, 0.1) is 6.10 Å². The van der Waals surface area contributed by atoms with E-state index in [9.17, 15) is 10.2 Å². The molecule has 2 unspecified atom stereocenters. The maximum absolute atomic E-state index is 10.1. The first-order valence-electron chi connectivity index (χ1n) is 5.16. The molecule has 2 atom stereocenters. The Hall–Kier alpha value is -1.12. The summed E-state index contributed by atoms with van der Waals surface area (Å²) in [7, 11) is 0. The number of benzene rings is 1. The molecule has 0 amide bonds. The average Bonchev–Trinajstić information content (AvgIpc) is 2.25. The van der Waals surface area contributed by atoms with Crippen LogP contribution in [0, 0.1) is 12.8 Å². The summed E-state index contributed by atoms with van der Waals surface area (Å²) in [4.78, 5) is 0. The van der Waals surface area contributed by atoms with Gasteiger partial charge in [0.2, 0.25) is 0 Å². The molecule has 2 nitrogen and oxygen atoms in total. The van der Waals surface area contributed by atoms with Crippen LogP contribution in [0.1, 0.15) is 23.7 Å². The van der Waals surface area contributed by atoms with Crippen molar-refractivity contribution < 1.29 is 10.2 Å². The zero-order valence-corrected chi connectivity index (χ0v) is 9.06. The van der Waals surface area contributed by atoms with E-state index < -0.39 is 6.10 Å². The minimum Gasteiger partial charge on any atom is -0.396 e. The van der Waals surface area contributed by atoms with Gasteiger partial charge in [0, 0.05) is 12.5 Å². The number of hydrogen-bond donors (Lipinski definition) is 2. The molecule has 0 saturated heterocycles. The van der Waals surface area contributed by atoms with Gasteiger partial charge in [-0.1, -0.05) is 30.3 Å². The molecule has 15 heavy (non-hydrogen) atoms. The topological polar surface area (TPSA) is 40.5 Å². The quantitative estimate of drug-likeness (QED) is 0.725. The third-order valence-corrected chi connectivity index (χ3v) is 2.66. The van der Waals surface area contributed by atoms with E-state index >= 15 is 0 Å². The van der Waals surface area contributed by atoms with Gasteiger partial charge < -0.3 is 10.2 Å². The standard InChI is InChI=1S/C13H18O2/c1-3-6-11(9-14)13(15)12-8-5-4-7-10(12)2/h3-5,7-8,11,13-15H,1,6,9H2,2H3. The first-order chi connectivity index (χ1) is 7.20. The second kappa shape index (κ2) is 5.69. The number of aliphatic hydroxyl groups is 2. The second-order valence-electron chi connectivity index (χ2n) is 3.77. The van der Waals surface area contributed by atoms with Crippen molar-refractivity contribution in [1.82, 2.24) is 0 Å². The Bertz CT molecular complexity index is 320. The Morgan fingerprint density at radius 1 is 1.40 bits per heavy atom. The molecule has 0 radical (unpaired) electrons. The Balaban J connectivity index is 2.86. The fourth-order valence-electron chi connectivity index (χ4n) is 1.69. The fourth-order valence-corrected chi connectivity index (χ4v) is 1.69. The highest BCUT2D eigenvalue weighted by Crippen LogP contribution is 2.26. The van der Waals surface area contributed by atoms with Gasteiger partial charge in [0.25, 0.3) is 0 Å². The van der Waals surface area contributed by atoms with Crippen molar-refractivity contribution in [3.8, 4) is 0 Å². The van der Waals surface area contributed by atoms with Crippen LogP contribution in [-0.2, 0) is 0 Å². The van der Waals surface area contributed by atoms with Crippen LogP contribution in [-0.4, -0.2) is 16.8 Å². The van der Waals surface area contributed by atoms with Gasteiger partial charge in [-0.15, -0.1) is 6.58 Å². The molecular weight excluding hydrogens is 188 g/mol. The van der Waals surface area contributed by atoms with Gasteiger partial charge in [-0.2, -0.15) is 0 Å². The predicted octanol–water partition coefficient (Wildman–Crippen LogP) is 2.21. The van der Waals surface area contributed by atoms with Crippen LogP contribution in [0.25, 0.3) is 0 Å². The molecule has 0 aromatic heterocycles. The van der Waals surface area contributed by atoms with E-state index in [2.05, 4.69) is 6.58 Å². The number of aliphatic hydroxyl groups excluding tert-OH is 2. The summed E-state index contributed by atoms with van der Waals surface area (Å²) in [5.74, 6) is -0.163. The minimum atomic E-state index is -0.616. The summed E-state index contributed by atoms with van der Waals surface area (Å²) in [5, 5.41) is 19.3. The summed E-state index contributed by atoms with van der Waals surface area (Å²) in [6.07, 6.45) is 1.73. The Morgan fingerprint density at radius 3 is 2.60 bits per heavy atom. The molecule has 0 bridgehead atoms. The first-order valence-corrected chi connectivity index (χ1v) is 5.16. The van der Waals surface area contributed by atoms with Crippen LogP contribution in [0.3, 0.4) is 0 Å². The Labute approximate surface area is 90.9 Å². The van der Waals surface area contributed by atoms with Gasteiger partial charge in [0.1, 0.15) is 0 Å². The lowest BCUT2D eigenvalue weighted by molar-refractivity contribution is 0.0680. The van der Waals surface area contributed by atoms with Gasteiger partial charge in [-0.25, -0.2) is 0 Å². The molecule has 0 heterocycles. The highest BCUT2D eigenvalue weighted by molar-refractivity contribution is 5.28. The SMILES string of the molecule is C=CCC(CO)C(O)c1ccccc1C. The van der Waals surface area contributed by atoms with Crippen LogP contribution in [0.2, 0.25) is 0 Å². The first kappa shape index (κ1) is 12.0. The van der Waals surface area contributed by atoms with E-state index in [0.29, 0.717) is 6.42 Å². The maximum atomic E-state index is 10.1. The van der Waals surface area contributed by atoms with Gasteiger partial charge in [-0.3, -0.25) is 0 Å². The van der Waals surface area contributed by atoms with Crippen molar-refractivity contribution in [3.05, 3.63) is 48.0 Å². The monoisotopic (exact) mass is 206 g/mol. The fraction of sp³-hybridized carbons (Fsp3) is 0.385. The van der Waals surface area contributed by atoms with Gasteiger partial charge >= 0.3 is 0 Å². The molecular formula is C13H18O2. The van der Waals surface area contributed by atoms with Crippen LogP contribution in [0.15, 0.2) is 36.9 Å². The zero-order valence-electron chi connectivity index (χ0n) is 9.06. The lowest BCUT2D eigenvalue weighted by Gasteiger charge is -2.21. The van der Waals surface area contributed by atoms with Crippen molar-refractivity contribution in [2.24, 2.45) is 5.92 Å². The van der Waals surface area contributed by atoms with Gasteiger partial charge in [-0.05, 0) is 24.5 Å². The van der Waals surface area contributed by atoms with E-state index in [-0.39, 0.29) is 12.5 Å². The molecule has 1 rings (SSSR count). The molecule has 2 heteroatoms. The zero-order chi connectivity index (χ0) is 11.3. The number of aryl methyl sites for hydroxylation is 1. The number of hydrogen-bond acceptors (Lipinski definition) is 2. The summed E-state index contributed by atoms with van der Waals surface area (Å²) in [6.45, 7) is 5.56. The molecule has 0 fully saturated rings. The van der Waals surface area contributed by atoms with Crippen LogP contribution in [0.5, 0.6) is 0 Å². The molecule has 0 spiro atoms. The molecule has 0 aliphatic heterocycles. The molecule has 0 aliphatic carbocycles. The molecule has 1 aromatic carbocycles. The molecule has 2 N–H and O–H groups in total. The summed E-state index contributed by atoms with van der Waals surface area (Å²) >= 11 is 0. The highest BCUT2D eigenvalue weighted by atomic mass is 16.3. The van der Waals surface area contributed by atoms with E-state index in [1.54, 1.807) is 6.08 Å². The van der Waals surface area contributed by atoms with Crippen molar-refractivity contribution >= 4 is 0 Å². The normalized spacial score (nSPS) is 14.6. The Morgan fingerprint density at radius 2 is 2.07 bits per heavy atom. The molecule has 1 aromatic rings. The summed E-state index contributed by atoms with van der Waals surface area (Å²) in [6, 6.07) is 7.69. The molecule has 0 aliphatic rings. The average molecular weight is 206 g/mol. The summed E-state index contributed by atoms with van der Waals surface area (Å²) in [5.41, 5.74) is 1.94. The Kier molecular flexibility index (Phi) is 4.53. The van der Waals surface area contributed by atoms with E-state index in [0.717, 1.165) is 11.1 Å². The lowest BCUT2D eigenvalue weighted by atomic mass is 9.91. The van der Waals surface area contributed by atoms with E-state index in [4.69, 9.17) is 0 Å². The number of rotatable bonds is 5. The van der Waals surface area contributed by atoms with Crippen molar-refractivity contribution in [2.75, 3.05) is 6.61 Å². The van der Waals surface area contributed by atoms with Crippen LogP contribution < -0.4 is 0 Å². The molecule has 82 valence electrons. The van der Waals surface area contributed by atoms with Crippen LogP contribution in [0.4, 0.5) is 0 Å². The minimum absolute atomic E-state index is 0.0263. The van der Waals surface area contributed by atoms with Crippen molar-refractivity contribution in [1.29, 1.82) is 0 Å². The number of allylic oxidation sites excluding steroid dienone is 1. The lowest BCUT2D eigenvalue weighted by Crippen LogP contribution is -2.16. The summed E-state index contributed by atoms with van der Waals surface area (Å²) < 4.78 is 0. The van der Waals surface area contributed by atoms with E-state index in [1.165, 1.54) is 0 Å². The predicted molar refractivity (Wildman–Crippen MR) is 61.5 cm³/mol. The highest BCUT2D eigenvalue weighted by Gasteiger charge is 2.19. The van der Waals surface area contributed by atoms with Gasteiger partial charge in [0.15, 0.2) is 0 Å². The third-order valence-electron chi connectivity index (χ3n) is 2.66. The van der Waals surface area contributed by atoms with E-state index in [1.807, 2.05) is 31.2 Å². The van der Waals surface area contributed by atoms with Crippen molar-refractivity contribution in [3.63, 3.8) is 0 Å². The third kappa shape index (κ3) is 2.91.